The normalized spacial score (nSPS) is 10.1. The molecule has 2 aromatic rings. The molecule has 0 unspecified atom stereocenters. The van der Waals surface area contributed by atoms with Crippen LogP contribution in [0.2, 0.25) is 5.02 Å². The van der Waals surface area contributed by atoms with Gasteiger partial charge in [0.25, 0.3) is 5.91 Å². The van der Waals surface area contributed by atoms with Gasteiger partial charge in [-0.1, -0.05) is 29.8 Å². The first kappa shape index (κ1) is 12.4. The van der Waals surface area contributed by atoms with Gasteiger partial charge in [0.15, 0.2) is 0 Å². The first-order chi connectivity index (χ1) is 8.59. The molecule has 0 radical (unpaired) electrons. The third-order valence-corrected chi connectivity index (χ3v) is 2.66. The molecule has 0 aliphatic heterocycles. The van der Waals surface area contributed by atoms with Gasteiger partial charge in [0, 0.05) is 0 Å². The van der Waals surface area contributed by atoms with E-state index in [9.17, 15) is 14.3 Å². The van der Waals surface area contributed by atoms with Crippen LogP contribution >= 0.6 is 11.6 Å². The number of benzene rings is 2. The second kappa shape index (κ2) is 5.06. The quantitative estimate of drug-likeness (QED) is 0.817. The van der Waals surface area contributed by atoms with Gasteiger partial charge in [-0.2, -0.15) is 0 Å². The molecule has 0 aliphatic rings. The zero-order chi connectivity index (χ0) is 13.1. The fraction of sp³-hybridized carbons (Fsp3) is 0. The topological polar surface area (TPSA) is 49.3 Å². The predicted molar refractivity (Wildman–Crippen MR) is 67.5 cm³/mol. The molecule has 1 amide bonds. The SMILES string of the molecule is O=C(Nc1ccccc1O)c1c(F)cccc1Cl. The van der Waals surface area contributed by atoms with Gasteiger partial charge in [-0.25, -0.2) is 4.39 Å². The Bertz CT molecular complexity index is 581. The van der Waals surface area contributed by atoms with Gasteiger partial charge in [-0.3, -0.25) is 4.79 Å². The fourth-order valence-corrected chi connectivity index (χ4v) is 1.73. The summed E-state index contributed by atoms with van der Waals surface area (Å²) in [7, 11) is 0. The lowest BCUT2D eigenvalue weighted by Gasteiger charge is -2.08. The molecule has 2 N–H and O–H groups in total. The maximum absolute atomic E-state index is 13.5. The van der Waals surface area contributed by atoms with Crippen molar-refractivity contribution in [3.63, 3.8) is 0 Å². The van der Waals surface area contributed by atoms with Crippen molar-refractivity contribution < 1.29 is 14.3 Å². The second-order valence-electron chi connectivity index (χ2n) is 3.57. The summed E-state index contributed by atoms with van der Waals surface area (Å²) in [5, 5.41) is 11.9. The number of para-hydroxylation sites is 2. The van der Waals surface area contributed by atoms with E-state index < -0.39 is 11.7 Å². The van der Waals surface area contributed by atoms with Crippen molar-refractivity contribution in [2.75, 3.05) is 5.32 Å². The van der Waals surface area contributed by atoms with Crippen LogP contribution in [0.3, 0.4) is 0 Å². The lowest BCUT2D eigenvalue weighted by atomic mass is 10.2. The summed E-state index contributed by atoms with van der Waals surface area (Å²) in [6.45, 7) is 0. The minimum atomic E-state index is -0.713. The van der Waals surface area contributed by atoms with Gasteiger partial charge in [-0.15, -0.1) is 0 Å². The van der Waals surface area contributed by atoms with Crippen molar-refractivity contribution in [1.82, 2.24) is 0 Å². The van der Waals surface area contributed by atoms with E-state index in [1.807, 2.05) is 0 Å². The molecule has 0 aromatic heterocycles. The molecule has 2 rings (SSSR count). The molecule has 0 aliphatic carbocycles. The first-order valence-corrected chi connectivity index (χ1v) is 5.51. The smallest absolute Gasteiger partial charge is 0.260 e. The summed E-state index contributed by atoms with van der Waals surface area (Å²) in [4.78, 5) is 11.9. The Kier molecular flexibility index (Phi) is 3.48. The third-order valence-electron chi connectivity index (χ3n) is 2.34. The maximum atomic E-state index is 13.5. The van der Waals surface area contributed by atoms with Crippen LogP contribution in [-0.2, 0) is 0 Å². The number of amides is 1. The van der Waals surface area contributed by atoms with Crippen molar-refractivity contribution >= 4 is 23.2 Å². The monoisotopic (exact) mass is 265 g/mol. The van der Waals surface area contributed by atoms with Crippen LogP contribution < -0.4 is 5.32 Å². The van der Waals surface area contributed by atoms with Crippen LogP contribution in [0.25, 0.3) is 0 Å². The van der Waals surface area contributed by atoms with Crippen molar-refractivity contribution in [1.29, 1.82) is 0 Å². The number of aromatic hydroxyl groups is 1. The van der Waals surface area contributed by atoms with Crippen LogP contribution in [0, 0.1) is 5.82 Å². The maximum Gasteiger partial charge on any atom is 0.260 e. The Labute approximate surface area is 108 Å². The van der Waals surface area contributed by atoms with Gasteiger partial charge in [0.2, 0.25) is 0 Å². The highest BCUT2D eigenvalue weighted by atomic mass is 35.5. The zero-order valence-corrected chi connectivity index (χ0v) is 9.91. The summed E-state index contributed by atoms with van der Waals surface area (Å²) >= 11 is 5.77. The van der Waals surface area contributed by atoms with Crippen molar-refractivity contribution in [2.45, 2.75) is 0 Å². The van der Waals surface area contributed by atoms with Crippen molar-refractivity contribution in [3.05, 3.63) is 58.9 Å². The molecule has 0 fully saturated rings. The highest BCUT2D eigenvalue weighted by Gasteiger charge is 2.16. The first-order valence-electron chi connectivity index (χ1n) is 5.13. The van der Waals surface area contributed by atoms with Gasteiger partial charge >= 0.3 is 0 Å². The Morgan fingerprint density at radius 2 is 1.89 bits per heavy atom. The number of halogens is 2. The molecule has 0 saturated heterocycles. The van der Waals surface area contributed by atoms with Crippen LogP contribution in [-0.4, -0.2) is 11.0 Å². The number of carbonyl (C=O) groups excluding carboxylic acids is 1. The van der Waals surface area contributed by atoms with E-state index in [0.29, 0.717) is 0 Å². The Morgan fingerprint density at radius 1 is 1.17 bits per heavy atom. The van der Waals surface area contributed by atoms with Crippen molar-refractivity contribution in [2.24, 2.45) is 0 Å². The van der Waals surface area contributed by atoms with Gasteiger partial charge in [0.1, 0.15) is 11.6 Å². The molecule has 0 atom stereocenters. The van der Waals surface area contributed by atoms with Gasteiger partial charge in [-0.05, 0) is 24.3 Å². The number of hydrogen-bond acceptors (Lipinski definition) is 2. The van der Waals surface area contributed by atoms with E-state index in [-0.39, 0.29) is 22.0 Å². The van der Waals surface area contributed by atoms with E-state index >= 15 is 0 Å². The predicted octanol–water partition coefficient (Wildman–Crippen LogP) is 3.44. The molecule has 0 saturated carbocycles. The molecule has 92 valence electrons. The number of rotatable bonds is 2. The largest absolute Gasteiger partial charge is 0.506 e. The highest BCUT2D eigenvalue weighted by Crippen LogP contribution is 2.25. The number of nitrogens with one attached hydrogen (secondary N) is 1. The van der Waals surface area contributed by atoms with E-state index in [0.717, 1.165) is 6.07 Å². The minimum absolute atomic E-state index is 0.0166. The number of phenolic OH excluding ortho intramolecular Hbond substituents is 1. The molecule has 0 bridgehead atoms. The molecule has 0 heterocycles. The lowest BCUT2D eigenvalue weighted by molar-refractivity contribution is 0.102. The third kappa shape index (κ3) is 2.43. The van der Waals surface area contributed by atoms with Crippen LogP contribution in [0.1, 0.15) is 10.4 Å². The van der Waals surface area contributed by atoms with Crippen LogP contribution in [0.5, 0.6) is 5.75 Å². The molecule has 0 spiro atoms. The number of carbonyl (C=O) groups is 1. The summed E-state index contributed by atoms with van der Waals surface area (Å²) < 4.78 is 13.5. The lowest BCUT2D eigenvalue weighted by Crippen LogP contribution is -2.14. The minimum Gasteiger partial charge on any atom is -0.506 e. The van der Waals surface area contributed by atoms with E-state index in [4.69, 9.17) is 11.6 Å². The average molecular weight is 266 g/mol. The molecular weight excluding hydrogens is 257 g/mol. The summed E-state index contributed by atoms with van der Waals surface area (Å²) in [6.07, 6.45) is 0. The zero-order valence-electron chi connectivity index (χ0n) is 9.15. The molecular formula is C13H9ClFNO2. The molecule has 5 heteroatoms. The Morgan fingerprint density at radius 3 is 2.56 bits per heavy atom. The summed E-state index contributed by atoms with van der Waals surface area (Å²) in [5.41, 5.74) is -0.0516. The van der Waals surface area contributed by atoms with Crippen LogP contribution in [0.15, 0.2) is 42.5 Å². The molecule has 18 heavy (non-hydrogen) atoms. The Hall–Kier alpha value is -2.07. The average Bonchev–Trinajstić information content (AvgIpc) is 2.32. The summed E-state index contributed by atoms with van der Waals surface area (Å²) in [6, 6.07) is 10.1. The summed E-state index contributed by atoms with van der Waals surface area (Å²) in [5.74, 6) is -1.52. The van der Waals surface area contributed by atoms with Gasteiger partial charge < -0.3 is 10.4 Å². The molecule has 2 aromatic carbocycles. The number of anilines is 1. The standard InChI is InChI=1S/C13H9ClFNO2/c14-8-4-3-5-9(15)12(8)13(18)16-10-6-1-2-7-11(10)17/h1-7,17H,(H,16,18). The highest BCUT2D eigenvalue weighted by molar-refractivity contribution is 6.34. The number of hydrogen-bond donors (Lipinski definition) is 2. The Balaban J connectivity index is 2.31. The van der Waals surface area contributed by atoms with Gasteiger partial charge in [0.05, 0.1) is 16.3 Å². The van der Waals surface area contributed by atoms with E-state index in [1.165, 1.54) is 24.3 Å². The second-order valence-corrected chi connectivity index (χ2v) is 3.98. The molecule has 3 nitrogen and oxygen atoms in total. The van der Waals surface area contributed by atoms with Crippen molar-refractivity contribution in [3.8, 4) is 5.75 Å². The fourth-order valence-electron chi connectivity index (χ4n) is 1.48. The van der Waals surface area contributed by atoms with E-state index in [1.54, 1.807) is 12.1 Å². The number of phenols is 1. The van der Waals surface area contributed by atoms with Crippen LogP contribution in [0.4, 0.5) is 10.1 Å². The van der Waals surface area contributed by atoms with E-state index in [2.05, 4.69) is 5.32 Å².